The van der Waals surface area contributed by atoms with Crippen LogP contribution in [-0.2, 0) is 9.53 Å². The Balaban J connectivity index is 2.64. The molecule has 0 aromatic heterocycles. The molecule has 0 saturated heterocycles. The van der Waals surface area contributed by atoms with Crippen molar-refractivity contribution in [2.24, 2.45) is 0 Å². The summed E-state index contributed by atoms with van der Waals surface area (Å²) in [5, 5.41) is 4.53. The number of hydrogen-bond donors (Lipinski definition) is 2. The van der Waals surface area contributed by atoms with Crippen molar-refractivity contribution < 1.29 is 19.1 Å². The zero-order valence-corrected chi connectivity index (χ0v) is 14.6. The smallest absolute Gasteiger partial charge is 0.338 e. The van der Waals surface area contributed by atoms with Crippen molar-refractivity contribution in [2.75, 3.05) is 24.5 Å². The number of amides is 3. The number of imide groups is 1. The van der Waals surface area contributed by atoms with Crippen LogP contribution >= 0.6 is 0 Å². The molecule has 1 rings (SSSR count). The molecular formula is C17H25N3O4. The molecule has 0 aliphatic carbocycles. The number of nitrogens with one attached hydrogen (secondary N) is 2. The monoisotopic (exact) mass is 335 g/mol. The summed E-state index contributed by atoms with van der Waals surface area (Å²) < 4.78 is 5.09. The number of rotatable bonds is 7. The first-order chi connectivity index (χ1) is 11.4. The minimum Gasteiger partial charge on any atom is -0.449 e. The number of ether oxygens (including phenoxy) is 1. The number of benzene rings is 1. The van der Waals surface area contributed by atoms with Crippen molar-refractivity contribution in [1.82, 2.24) is 10.6 Å². The summed E-state index contributed by atoms with van der Waals surface area (Å²) in [6.45, 7) is 9.40. The van der Waals surface area contributed by atoms with Gasteiger partial charge >= 0.3 is 12.0 Å². The van der Waals surface area contributed by atoms with Crippen LogP contribution in [0, 0.1) is 0 Å². The number of hydrogen-bond acceptors (Lipinski definition) is 5. The maximum atomic E-state index is 12.1. The van der Waals surface area contributed by atoms with Gasteiger partial charge in [-0.3, -0.25) is 10.1 Å². The second kappa shape index (κ2) is 9.54. The van der Waals surface area contributed by atoms with Crippen molar-refractivity contribution in [3.05, 3.63) is 29.8 Å². The first-order valence-corrected chi connectivity index (χ1v) is 8.07. The third-order valence-corrected chi connectivity index (χ3v) is 3.46. The number of urea groups is 1. The number of anilines is 1. The molecule has 0 bridgehead atoms. The van der Waals surface area contributed by atoms with E-state index >= 15 is 0 Å². The highest BCUT2D eigenvalue weighted by atomic mass is 16.5. The van der Waals surface area contributed by atoms with Crippen molar-refractivity contribution in [2.45, 2.75) is 33.8 Å². The fourth-order valence-corrected chi connectivity index (χ4v) is 2.10. The average Bonchev–Trinajstić information content (AvgIpc) is 2.56. The summed E-state index contributed by atoms with van der Waals surface area (Å²) in [4.78, 5) is 37.3. The van der Waals surface area contributed by atoms with Crippen LogP contribution in [0.4, 0.5) is 10.5 Å². The number of carbonyl (C=O) groups excluding carboxylic acids is 3. The van der Waals surface area contributed by atoms with E-state index in [-0.39, 0.29) is 0 Å². The third-order valence-electron chi connectivity index (χ3n) is 3.46. The van der Waals surface area contributed by atoms with E-state index in [1.165, 1.54) is 6.92 Å². The molecule has 1 aromatic rings. The van der Waals surface area contributed by atoms with E-state index in [4.69, 9.17) is 4.74 Å². The van der Waals surface area contributed by atoms with Crippen LogP contribution in [0.25, 0.3) is 0 Å². The highest BCUT2D eigenvalue weighted by Gasteiger charge is 2.20. The Bertz CT molecular complexity index is 568. The van der Waals surface area contributed by atoms with Gasteiger partial charge in [0.05, 0.1) is 5.56 Å². The highest BCUT2D eigenvalue weighted by molar-refractivity contribution is 5.98. The molecule has 0 aliphatic heterocycles. The molecule has 2 N–H and O–H groups in total. The topological polar surface area (TPSA) is 87.7 Å². The highest BCUT2D eigenvalue weighted by Crippen LogP contribution is 2.15. The van der Waals surface area contributed by atoms with Gasteiger partial charge in [-0.15, -0.1) is 0 Å². The lowest BCUT2D eigenvalue weighted by Crippen LogP contribution is -2.44. The van der Waals surface area contributed by atoms with Gasteiger partial charge in [-0.05, 0) is 52.0 Å². The minimum absolute atomic E-state index is 0.351. The predicted octanol–water partition coefficient (Wildman–Crippen LogP) is 1.92. The normalized spacial score (nSPS) is 11.3. The minimum atomic E-state index is -1.07. The molecule has 0 heterocycles. The van der Waals surface area contributed by atoms with Crippen LogP contribution in [0.2, 0.25) is 0 Å². The van der Waals surface area contributed by atoms with Gasteiger partial charge in [0.25, 0.3) is 5.91 Å². The molecule has 1 unspecified atom stereocenters. The summed E-state index contributed by atoms with van der Waals surface area (Å²) in [5.41, 5.74) is 1.36. The molecule has 3 amide bonds. The third kappa shape index (κ3) is 5.57. The summed E-state index contributed by atoms with van der Waals surface area (Å²) in [6.07, 6.45) is -1.07. The number of nitrogens with zero attached hydrogens (tertiary/aromatic N) is 1. The van der Waals surface area contributed by atoms with Crippen LogP contribution in [0.5, 0.6) is 0 Å². The lowest BCUT2D eigenvalue weighted by molar-refractivity contribution is -0.127. The van der Waals surface area contributed by atoms with Gasteiger partial charge in [-0.2, -0.15) is 0 Å². The number of carbonyl (C=O) groups is 3. The van der Waals surface area contributed by atoms with E-state index < -0.39 is 24.0 Å². The Morgan fingerprint density at radius 3 is 2.17 bits per heavy atom. The zero-order chi connectivity index (χ0) is 18.1. The molecule has 0 aliphatic rings. The molecule has 1 atom stereocenters. The van der Waals surface area contributed by atoms with E-state index in [1.54, 1.807) is 19.1 Å². The van der Waals surface area contributed by atoms with Crippen molar-refractivity contribution in [3.8, 4) is 0 Å². The molecule has 0 saturated carbocycles. The van der Waals surface area contributed by atoms with Gasteiger partial charge in [-0.1, -0.05) is 0 Å². The largest absolute Gasteiger partial charge is 0.449 e. The summed E-state index contributed by atoms with van der Waals surface area (Å²) in [6, 6.07) is 6.37. The maximum absolute atomic E-state index is 12.1. The van der Waals surface area contributed by atoms with E-state index in [2.05, 4.69) is 29.4 Å². The summed E-state index contributed by atoms with van der Waals surface area (Å²) >= 11 is 0. The molecule has 7 nitrogen and oxygen atoms in total. The quantitative estimate of drug-likeness (QED) is 0.743. The van der Waals surface area contributed by atoms with Crippen LogP contribution in [-0.4, -0.2) is 43.6 Å². The summed E-state index contributed by atoms with van der Waals surface area (Å²) in [5.74, 6) is -1.28. The second-order valence-electron chi connectivity index (χ2n) is 5.12. The van der Waals surface area contributed by atoms with E-state index in [0.29, 0.717) is 12.1 Å². The SMILES string of the molecule is CCNC(=O)NC(=O)C(C)OC(=O)c1ccc(N(CC)CC)cc1. The van der Waals surface area contributed by atoms with Gasteiger partial charge in [-0.25, -0.2) is 9.59 Å². The van der Waals surface area contributed by atoms with Crippen molar-refractivity contribution in [3.63, 3.8) is 0 Å². The first kappa shape index (κ1) is 19.5. The maximum Gasteiger partial charge on any atom is 0.338 e. The van der Waals surface area contributed by atoms with Gasteiger partial charge in [0.1, 0.15) is 0 Å². The Labute approximate surface area is 142 Å². The summed E-state index contributed by atoms with van der Waals surface area (Å²) in [7, 11) is 0. The van der Waals surface area contributed by atoms with Crippen LogP contribution in [0.3, 0.4) is 0 Å². The van der Waals surface area contributed by atoms with Crippen LogP contribution in [0.1, 0.15) is 38.1 Å². The second-order valence-corrected chi connectivity index (χ2v) is 5.12. The Kier molecular flexibility index (Phi) is 7.74. The van der Waals surface area contributed by atoms with Gasteiger partial charge < -0.3 is 15.0 Å². The lowest BCUT2D eigenvalue weighted by Gasteiger charge is -2.21. The predicted molar refractivity (Wildman–Crippen MR) is 92.1 cm³/mol. The fraction of sp³-hybridized carbons (Fsp3) is 0.471. The van der Waals surface area contributed by atoms with E-state index in [1.807, 2.05) is 12.1 Å². The Morgan fingerprint density at radius 1 is 1.08 bits per heavy atom. The fourth-order valence-electron chi connectivity index (χ4n) is 2.10. The average molecular weight is 335 g/mol. The lowest BCUT2D eigenvalue weighted by atomic mass is 10.2. The van der Waals surface area contributed by atoms with Crippen LogP contribution < -0.4 is 15.5 Å². The first-order valence-electron chi connectivity index (χ1n) is 8.07. The Morgan fingerprint density at radius 2 is 1.67 bits per heavy atom. The molecule has 24 heavy (non-hydrogen) atoms. The zero-order valence-electron chi connectivity index (χ0n) is 14.6. The molecule has 0 radical (unpaired) electrons. The molecule has 0 spiro atoms. The molecule has 0 fully saturated rings. The van der Waals surface area contributed by atoms with Gasteiger partial charge in [0, 0.05) is 25.3 Å². The van der Waals surface area contributed by atoms with E-state index in [9.17, 15) is 14.4 Å². The van der Waals surface area contributed by atoms with Crippen molar-refractivity contribution in [1.29, 1.82) is 0 Å². The standard InChI is InChI=1S/C17H25N3O4/c1-5-18-17(23)19-15(21)12(4)24-16(22)13-8-10-14(11-9-13)20(6-2)7-3/h8-12H,5-7H2,1-4H3,(H2,18,19,21,23). The van der Waals surface area contributed by atoms with E-state index in [0.717, 1.165) is 18.8 Å². The molecule has 132 valence electrons. The van der Waals surface area contributed by atoms with Crippen LogP contribution in [0.15, 0.2) is 24.3 Å². The van der Waals surface area contributed by atoms with Crippen molar-refractivity contribution >= 4 is 23.6 Å². The molecular weight excluding hydrogens is 310 g/mol. The van der Waals surface area contributed by atoms with Gasteiger partial charge in [0.15, 0.2) is 6.10 Å². The number of esters is 1. The molecule has 1 aromatic carbocycles. The Hall–Kier alpha value is -2.57. The molecule has 7 heteroatoms. The van der Waals surface area contributed by atoms with Gasteiger partial charge in [0.2, 0.25) is 0 Å².